The number of alkyl halides is 3. The summed E-state index contributed by atoms with van der Waals surface area (Å²) in [6.45, 7) is -0.200. The predicted molar refractivity (Wildman–Crippen MR) is 96.9 cm³/mol. The zero-order valence-electron chi connectivity index (χ0n) is 14.2. The number of thiophene rings is 1. The predicted octanol–water partition coefficient (Wildman–Crippen LogP) is 2.06. The lowest BCUT2D eigenvalue weighted by Crippen LogP contribution is -2.29. The number of carbonyl (C=O) groups is 2. The van der Waals surface area contributed by atoms with Crippen LogP contribution in [0.3, 0.4) is 0 Å². The Hall–Kier alpha value is -3.61. The highest BCUT2D eigenvalue weighted by molar-refractivity contribution is 7.16. The monoisotopic (exact) mass is 428 g/mol. The van der Waals surface area contributed by atoms with E-state index in [9.17, 15) is 37.5 Å². The van der Waals surface area contributed by atoms with Crippen LogP contribution in [0.4, 0.5) is 28.7 Å². The number of anilines is 2. The molecule has 1 aromatic carbocycles. The number of aromatic nitrogens is 1. The standard InChI is InChI=1S/C16H11F3N4O5S/c17-16(18,19)9-3-1-2-4-10(9)21-15(28)20-6-7-5-8(14(26)27)11(29-7)22-23-12(24)13(23)25/h1-5,22H,6H2,(H,26,27)(H2,20,21,28). The van der Waals surface area contributed by atoms with Gasteiger partial charge in [-0.25, -0.2) is 9.59 Å². The fourth-order valence-electron chi connectivity index (χ4n) is 2.28. The molecule has 2 heterocycles. The maximum absolute atomic E-state index is 13.0. The van der Waals surface area contributed by atoms with Gasteiger partial charge >= 0.3 is 29.3 Å². The zero-order chi connectivity index (χ0) is 21.3. The molecule has 152 valence electrons. The third-order valence-electron chi connectivity index (χ3n) is 3.67. The van der Waals surface area contributed by atoms with Crippen LogP contribution in [0.2, 0.25) is 0 Å². The fraction of sp³-hybridized carbons (Fsp3) is 0.125. The molecule has 13 heteroatoms. The second kappa shape index (κ2) is 7.43. The van der Waals surface area contributed by atoms with Crippen molar-refractivity contribution < 1.29 is 27.9 Å². The molecule has 3 rings (SSSR count). The third kappa shape index (κ3) is 4.45. The Balaban J connectivity index is 1.68. The number of carboxylic acids is 1. The summed E-state index contributed by atoms with van der Waals surface area (Å²) in [6.07, 6.45) is -4.65. The molecule has 0 bridgehead atoms. The molecule has 0 saturated heterocycles. The van der Waals surface area contributed by atoms with Gasteiger partial charge in [0.25, 0.3) is 0 Å². The number of para-hydroxylation sites is 1. The van der Waals surface area contributed by atoms with E-state index in [1.165, 1.54) is 18.2 Å². The molecule has 0 unspecified atom stereocenters. The van der Waals surface area contributed by atoms with E-state index < -0.39 is 40.5 Å². The molecule has 2 amide bonds. The van der Waals surface area contributed by atoms with Crippen molar-refractivity contribution in [1.82, 2.24) is 9.99 Å². The average Bonchev–Trinajstić information content (AvgIpc) is 3.04. The maximum Gasteiger partial charge on any atom is 0.418 e. The Kier molecular flexibility index (Phi) is 5.16. The molecule has 0 aliphatic carbocycles. The molecule has 2 aromatic heterocycles. The summed E-state index contributed by atoms with van der Waals surface area (Å²) >= 11 is 0.855. The van der Waals surface area contributed by atoms with Gasteiger partial charge in [-0.3, -0.25) is 15.0 Å². The summed E-state index contributed by atoms with van der Waals surface area (Å²) in [5.41, 5.74) is -0.972. The van der Waals surface area contributed by atoms with Gasteiger partial charge in [-0.05, 0) is 18.2 Å². The average molecular weight is 428 g/mol. The number of hydrogen-bond acceptors (Lipinski definition) is 6. The summed E-state index contributed by atoms with van der Waals surface area (Å²) in [5, 5.41) is 13.6. The van der Waals surface area contributed by atoms with Crippen LogP contribution in [0, 0.1) is 0 Å². The van der Waals surface area contributed by atoms with E-state index in [2.05, 4.69) is 16.1 Å². The van der Waals surface area contributed by atoms with E-state index in [1.54, 1.807) is 0 Å². The quantitative estimate of drug-likeness (QED) is 0.445. The second-order valence-electron chi connectivity index (χ2n) is 5.67. The molecule has 0 spiro atoms. The van der Waals surface area contributed by atoms with E-state index in [-0.39, 0.29) is 17.1 Å². The van der Waals surface area contributed by atoms with Gasteiger partial charge in [0.1, 0.15) is 5.00 Å². The minimum Gasteiger partial charge on any atom is -0.478 e. The van der Waals surface area contributed by atoms with Crippen LogP contribution in [-0.4, -0.2) is 21.8 Å². The first-order valence-corrected chi connectivity index (χ1v) is 8.61. The molecule has 9 nitrogen and oxygen atoms in total. The molecular formula is C16H11F3N4O5S. The Bertz CT molecular complexity index is 1130. The van der Waals surface area contributed by atoms with Crippen LogP contribution in [-0.2, 0) is 12.7 Å². The number of nitrogens with zero attached hydrogens (tertiary/aromatic N) is 1. The Morgan fingerprint density at radius 3 is 2.38 bits per heavy atom. The van der Waals surface area contributed by atoms with Gasteiger partial charge in [-0.2, -0.15) is 17.8 Å². The molecule has 4 N–H and O–H groups in total. The van der Waals surface area contributed by atoms with Crippen LogP contribution in [0.5, 0.6) is 0 Å². The summed E-state index contributed by atoms with van der Waals surface area (Å²) in [4.78, 5) is 45.6. The van der Waals surface area contributed by atoms with E-state index in [4.69, 9.17) is 0 Å². The number of aromatic carboxylic acids is 1. The first-order valence-electron chi connectivity index (χ1n) is 7.80. The lowest BCUT2D eigenvalue weighted by Gasteiger charge is -2.13. The van der Waals surface area contributed by atoms with Crippen molar-refractivity contribution in [2.45, 2.75) is 12.7 Å². The van der Waals surface area contributed by atoms with E-state index >= 15 is 0 Å². The van der Waals surface area contributed by atoms with Gasteiger partial charge in [-0.15, -0.1) is 11.3 Å². The lowest BCUT2D eigenvalue weighted by atomic mass is 10.1. The number of nitrogens with one attached hydrogen (secondary N) is 3. The number of amides is 2. The minimum atomic E-state index is -4.65. The Labute approximate surface area is 163 Å². The van der Waals surface area contributed by atoms with Crippen molar-refractivity contribution >= 4 is 34.0 Å². The number of benzene rings is 1. The molecule has 0 atom stereocenters. The number of carbonyl (C=O) groups excluding carboxylic acids is 1. The Morgan fingerprint density at radius 2 is 1.79 bits per heavy atom. The minimum absolute atomic E-state index is 0.00340. The highest BCUT2D eigenvalue weighted by atomic mass is 32.1. The highest BCUT2D eigenvalue weighted by Crippen LogP contribution is 2.34. The molecule has 0 saturated carbocycles. The van der Waals surface area contributed by atoms with Gasteiger partial charge in [0.2, 0.25) is 0 Å². The van der Waals surface area contributed by atoms with Crippen molar-refractivity contribution in [2.24, 2.45) is 0 Å². The van der Waals surface area contributed by atoms with Gasteiger partial charge < -0.3 is 15.7 Å². The molecule has 0 aliphatic heterocycles. The SMILES string of the molecule is O=C(NCc1cc(C(=O)O)c(Nn2c(=O)c2=O)s1)Nc1ccccc1C(F)(F)F. The lowest BCUT2D eigenvalue weighted by molar-refractivity contribution is -0.136. The van der Waals surface area contributed by atoms with Crippen molar-refractivity contribution in [1.29, 1.82) is 0 Å². The highest BCUT2D eigenvalue weighted by Gasteiger charge is 2.33. The zero-order valence-corrected chi connectivity index (χ0v) is 15.0. The topological polar surface area (TPSA) is 130 Å². The fourth-order valence-corrected chi connectivity index (χ4v) is 3.26. The van der Waals surface area contributed by atoms with Crippen molar-refractivity contribution in [3.8, 4) is 0 Å². The molecule has 0 aliphatic rings. The van der Waals surface area contributed by atoms with Gasteiger partial charge in [0, 0.05) is 4.88 Å². The Morgan fingerprint density at radius 1 is 1.14 bits per heavy atom. The van der Waals surface area contributed by atoms with E-state index in [1.807, 2.05) is 0 Å². The molecule has 29 heavy (non-hydrogen) atoms. The van der Waals surface area contributed by atoms with Gasteiger partial charge in [-0.1, -0.05) is 12.1 Å². The van der Waals surface area contributed by atoms with Crippen LogP contribution in [0.25, 0.3) is 0 Å². The number of halogens is 3. The van der Waals surface area contributed by atoms with Crippen molar-refractivity contribution in [3.63, 3.8) is 0 Å². The van der Waals surface area contributed by atoms with Crippen LogP contribution in [0.15, 0.2) is 39.9 Å². The summed E-state index contributed by atoms with van der Waals surface area (Å²) < 4.78 is 39.5. The summed E-state index contributed by atoms with van der Waals surface area (Å²) in [6, 6.07) is 4.70. The van der Waals surface area contributed by atoms with E-state index in [0.29, 0.717) is 9.55 Å². The number of rotatable bonds is 6. The summed E-state index contributed by atoms with van der Waals surface area (Å²) in [5.74, 6) is -1.33. The van der Waals surface area contributed by atoms with E-state index in [0.717, 1.165) is 23.5 Å². The van der Waals surface area contributed by atoms with Crippen LogP contribution < -0.4 is 27.2 Å². The number of carboxylic acid groups (broad SMARTS) is 1. The van der Waals surface area contributed by atoms with Gasteiger partial charge in [0.05, 0.1) is 23.4 Å². The van der Waals surface area contributed by atoms with Gasteiger partial charge in [0.15, 0.2) is 0 Å². The molecule has 3 aromatic rings. The largest absolute Gasteiger partial charge is 0.478 e. The number of hydrogen-bond donors (Lipinski definition) is 4. The first-order chi connectivity index (χ1) is 13.6. The molecule has 0 radical (unpaired) electrons. The van der Waals surface area contributed by atoms with Crippen molar-refractivity contribution in [2.75, 3.05) is 10.7 Å². The maximum atomic E-state index is 13.0. The summed E-state index contributed by atoms with van der Waals surface area (Å²) in [7, 11) is 0. The van der Waals surface area contributed by atoms with Crippen LogP contribution >= 0.6 is 11.3 Å². The number of urea groups is 1. The van der Waals surface area contributed by atoms with Crippen LogP contribution in [0.1, 0.15) is 20.8 Å². The second-order valence-corrected chi connectivity index (χ2v) is 6.81. The molecular weight excluding hydrogens is 417 g/mol. The smallest absolute Gasteiger partial charge is 0.418 e. The normalized spacial score (nSPS) is 11.4. The first kappa shape index (κ1) is 20.1. The third-order valence-corrected chi connectivity index (χ3v) is 4.71. The molecule has 0 fully saturated rings. The van der Waals surface area contributed by atoms with Crippen molar-refractivity contribution in [3.05, 3.63) is 67.0 Å².